The van der Waals surface area contributed by atoms with Gasteiger partial charge in [-0.2, -0.15) is 0 Å². The molecule has 3 saturated heterocycles. The third kappa shape index (κ3) is 3.03. The highest BCUT2D eigenvalue weighted by molar-refractivity contribution is 7.80. The van der Waals surface area contributed by atoms with E-state index >= 15 is 0 Å². The van der Waals surface area contributed by atoms with E-state index in [4.69, 9.17) is 40.7 Å². The minimum absolute atomic E-state index is 0.276. The fourth-order valence-electron chi connectivity index (χ4n) is 4.59. The molecule has 0 aromatic heterocycles. The molecular formula is C20H25NO6S. The second-order valence-electron chi connectivity index (χ2n) is 8.55. The zero-order valence-corrected chi connectivity index (χ0v) is 17.2. The van der Waals surface area contributed by atoms with Crippen molar-refractivity contribution in [3.63, 3.8) is 0 Å². The van der Waals surface area contributed by atoms with Crippen LogP contribution >= 0.6 is 12.2 Å². The lowest BCUT2D eigenvalue weighted by Crippen LogP contribution is -2.63. The highest BCUT2D eigenvalue weighted by Gasteiger charge is 2.68. The molecule has 3 heterocycles. The van der Waals surface area contributed by atoms with Crippen LogP contribution in [0, 0.1) is 0 Å². The van der Waals surface area contributed by atoms with E-state index in [1.165, 1.54) is 0 Å². The van der Waals surface area contributed by atoms with Gasteiger partial charge in [0.15, 0.2) is 17.7 Å². The smallest absolute Gasteiger partial charge is 0.284 e. The van der Waals surface area contributed by atoms with Crippen molar-refractivity contribution in [2.75, 3.05) is 0 Å². The van der Waals surface area contributed by atoms with Crippen molar-refractivity contribution in [1.82, 2.24) is 5.06 Å². The maximum absolute atomic E-state index is 6.25. The molecule has 7 nitrogen and oxygen atoms in total. The van der Waals surface area contributed by atoms with Crippen molar-refractivity contribution < 1.29 is 28.5 Å². The fourth-order valence-corrected chi connectivity index (χ4v) is 4.88. The molecule has 1 aromatic rings. The van der Waals surface area contributed by atoms with E-state index in [1.54, 1.807) is 5.06 Å². The van der Waals surface area contributed by atoms with Gasteiger partial charge in [0.1, 0.15) is 37.1 Å². The van der Waals surface area contributed by atoms with Gasteiger partial charge in [0.2, 0.25) is 0 Å². The highest BCUT2D eigenvalue weighted by Crippen LogP contribution is 2.48. The standard InChI is InChI=1S/C20H25NO6S/c1-19(2)24-14-12-13(15-17(16(14)26-19)27-20(3,4)25-15)23-18(28)21(12)22-10-11-8-6-5-7-9-11/h5-9,12-17H,10H2,1-4H3/t12-,13+,14+,15-,16-,17-/m1/s1. The Balaban J connectivity index is 1.44. The van der Waals surface area contributed by atoms with Gasteiger partial charge < -0.3 is 23.7 Å². The van der Waals surface area contributed by atoms with Crippen LogP contribution in [0.1, 0.15) is 33.3 Å². The number of hydrogen-bond acceptors (Lipinski definition) is 7. The minimum Gasteiger partial charge on any atom is -0.461 e. The number of fused-ring (bicyclic) bond motifs is 6. The van der Waals surface area contributed by atoms with Crippen molar-refractivity contribution in [3.05, 3.63) is 35.9 Å². The van der Waals surface area contributed by atoms with Gasteiger partial charge >= 0.3 is 0 Å². The van der Waals surface area contributed by atoms with E-state index in [9.17, 15) is 0 Å². The van der Waals surface area contributed by atoms with E-state index in [-0.39, 0.29) is 41.7 Å². The summed E-state index contributed by atoms with van der Waals surface area (Å²) in [4.78, 5) is 6.08. The van der Waals surface area contributed by atoms with Gasteiger partial charge in [0.25, 0.3) is 5.17 Å². The molecule has 6 atom stereocenters. The third-order valence-electron chi connectivity index (χ3n) is 5.55. The Kier molecular flexibility index (Phi) is 4.25. The number of benzene rings is 1. The first kappa shape index (κ1) is 18.7. The first-order valence-corrected chi connectivity index (χ1v) is 10.0. The molecule has 0 unspecified atom stereocenters. The van der Waals surface area contributed by atoms with Gasteiger partial charge in [-0.15, -0.1) is 0 Å². The predicted octanol–water partition coefficient (Wildman–Crippen LogP) is 2.53. The Morgan fingerprint density at radius 2 is 1.39 bits per heavy atom. The van der Waals surface area contributed by atoms with Crippen LogP contribution in [0.3, 0.4) is 0 Å². The molecule has 4 fully saturated rings. The number of rotatable bonds is 3. The Labute approximate surface area is 169 Å². The van der Waals surface area contributed by atoms with E-state index < -0.39 is 11.6 Å². The normalized spacial score (nSPS) is 40.0. The van der Waals surface area contributed by atoms with Crippen LogP contribution in [0.4, 0.5) is 0 Å². The Bertz CT molecular complexity index is 771. The number of hydrogen-bond donors (Lipinski definition) is 0. The molecule has 3 aliphatic heterocycles. The van der Waals surface area contributed by atoms with Gasteiger partial charge in [-0.3, -0.25) is 4.84 Å². The van der Waals surface area contributed by atoms with Gasteiger partial charge in [0.05, 0.1) is 0 Å². The van der Waals surface area contributed by atoms with Crippen LogP contribution in [0.25, 0.3) is 0 Å². The summed E-state index contributed by atoms with van der Waals surface area (Å²) in [6.07, 6.45) is -1.57. The Morgan fingerprint density at radius 1 is 0.857 bits per heavy atom. The highest BCUT2D eigenvalue weighted by atomic mass is 32.1. The maximum atomic E-state index is 6.25. The van der Waals surface area contributed by atoms with Crippen LogP contribution in [-0.4, -0.2) is 58.4 Å². The van der Waals surface area contributed by atoms with E-state index in [0.29, 0.717) is 6.61 Å². The average Bonchev–Trinajstić information content (AvgIpc) is 3.23. The number of nitrogens with zero attached hydrogens (tertiary/aromatic N) is 1. The Morgan fingerprint density at radius 3 is 2.04 bits per heavy atom. The van der Waals surface area contributed by atoms with Crippen LogP contribution in [0.15, 0.2) is 30.3 Å². The lowest BCUT2D eigenvalue weighted by atomic mass is 9.83. The summed E-state index contributed by atoms with van der Waals surface area (Å²) in [7, 11) is 0. The minimum atomic E-state index is -0.736. The predicted molar refractivity (Wildman–Crippen MR) is 102 cm³/mol. The summed E-state index contributed by atoms with van der Waals surface area (Å²) in [5, 5.41) is 1.94. The summed E-state index contributed by atoms with van der Waals surface area (Å²) >= 11 is 5.49. The van der Waals surface area contributed by atoms with Crippen molar-refractivity contribution in [3.8, 4) is 0 Å². The van der Waals surface area contributed by atoms with Gasteiger partial charge in [-0.1, -0.05) is 30.3 Å². The summed E-state index contributed by atoms with van der Waals surface area (Å²) in [5.41, 5.74) is 1.05. The third-order valence-corrected chi connectivity index (χ3v) is 5.82. The van der Waals surface area contributed by atoms with E-state index in [0.717, 1.165) is 5.56 Å². The molecular weight excluding hydrogens is 382 g/mol. The molecule has 152 valence electrons. The molecule has 28 heavy (non-hydrogen) atoms. The largest absolute Gasteiger partial charge is 0.461 e. The summed E-state index contributed by atoms with van der Waals surface area (Å²) in [6, 6.07) is 9.66. The molecule has 4 aliphatic rings. The maximum Gasteiger partial charge on any atom is 0.284 e. The van der Waals surface area contributed by atoms with Crippen LogP contribution in [0.5, 0.6) is 0 Å². The Hall–Kier alpha value is -1.29. The van der Waals surface area contributed by atoms with Crippen molar-refractivity contribution in [2.24, 2.45) is 0 Å². The summed E-state index contributed by atoms with van der Waals surface area (Å²) in [5.74, 6) is -1.46. The van der Waals surface area contributed by atoms with Gasteiger partial charge in [0, 0.05) is 0 Å². The van der Waals surface area contributed by atoms with Gasteiger partial charge in [-0.25, -0.2) is 5.06 Å². The van der Waals surface area contributed by atoms with E-state index in [2.05, 4.69) is 0 Å². The second kappa shape index (κ2) is 6.35. The zero-order valence-electron chi connectivity index (χ0n) is 16.4. The first-order valence-electron chi connectivity index (χ1n) is 9.62. The molecule has 1 saturated carbocycles. The zero-order chi connectivity index (χ0) is 19.7. The molecule has 0 spiro atoms. The summed E-state index contributed by atoms with van der Waals surface area (Å²) < 4.78 is 30.8. The second-order valence-corrected chi connectivity index (χ2v) is 8.90. The van der Waals surface area contributed by atoms with E-state index in [1.807, 2.05) is 58.0 Å². The molecule has 0 radical (unpaired) electrons. The molecule has 1 aliphatic carbocycles. The molecule has 1 aromatic carbocycles. The summed E-state index contributed by atoms with van der Waals surface area (Å²) in [6.45, 7) is 7.98. The molecule has 5 rings (SSSR count). The average molecular weight is 407 g/mol. The SMILES string of the molecule is CC1(C)O[C@@H]2[C@H](O1)[C@H]1OC(=S)N(OCc3ccccc3)[C@H]1[C@@H]1OC(C)(C)O[C@@H]21. The first-order chi connectivity index (χ1) is 13.2. The van der Waals surface area contributed by atoms with Crippen molar-refractivity contribution in [1.29, 1.82) is 0 Å². The topological polar surface area (TPSA) is 58.6 Å². The number of ether oxygens (including phenoxy) is 5. The number of thiocarbonyl (C=S) groups is 1. The van der Waals surface area contributed by atoms with Gasteiger partial charge in [-0.05, 0) is 45.5 Å². The number of hydroxylamine groups is 2. The monoisotopic (exact) mass is 407 g/mol. The fraction of sp³-hybridized carbons (Fsp3) is 0.650. The molecule has 0 amide bonds. The van der Waals surface area contributed by atoms with Crippen LogP contribution < -0.4 is 0 Å². The van der Waals surface area contributed by atoms with Crippen LogP contribution in [-0.2, 0) is 35.1 Å². The molecule has 0 bridgehead atoms. The lowest BCUT2D eigenvalue weighted by molar-refractivity contribution is -0.192. The van der Waals surface area contributed by atoms with Crippen molar-refractivity contribution in [2.45, 2.75) is 82.4 Å². The molecule has 8 heteroatoms. The van der Waals surface area contributed by atoms with Crippen LogP contribution in [0.2, 0.25) is 0 Å². The lowest BCUT2D eigenvalue weighted by Gasteiger charge is -2.39. The quantitative estimate of drug-likeness (QED) is 0.709. The molecule has 0 N–H and O–H groups in total. The van der Waals surface area contributed by atoms with Crippen molar-refractivity contribution >= 4 is 17.4 Å².